The highest BCUT2D eigenvalue weighted by atomic mass is 79.9. The van der Waals surface area contributed by atoms with Crippen molar-refractivity contribution in [3.05, 3.63) is 87.4 Å². The second-order valence-electron chi connectivity index (χ2n) is 8.60. The van der Waals surface area contributed by atoms with E-state index in [1.165, 1.54) is 4.31 Å². The summed E-state index contributed by atoms with van der Waals surface area (Å²) in [5.41, 5.74) is 3.58. The predicted octanol–water partition coefficient (Wildman–Crippen LogP) is 5.26. The van der Waals surface area contributed by atoms with Gasteiger partial charge < -0.3 is 9.80 Å². The molecule has 1 fully saturated rings. The summed E-state index contributed by atoms with van der Waals surface area (Å²) in [5, 5.41) is 0.676. The Labute approximate surface area is 220 Å². The maximum absolute atomic E-state index is 13.6. The topological polar surface area (TPSA) is 60.9 Å². The molecule has 0 unspecified atom stereocenters. The Morgan fingerprint density at radius 2 is 1.57 bits per heavy atom. The minimum Gasteiger partial charge on any atom is -0.368 e. The summed E-state index contributed by atoms with van der Waals surface area (Å²) in [4.78, 5) is 17.4. The number of anilines is 2. The Morgan fingerprint density at radius 1 is 0.943 bits per heavy atom. The van der Waals surface area contributed by atoms with E-state index in [1.54, 1.807) is 53.4 Å². The van der Waals surface area contributed by atoms with Gasteiger partial charge in [0.1, 0.15) is 6.54 Å². The van der Waals surface area contributed by atoms with Crippen molar-refractivity contribution in [3.63, 3.8) is 0 Å². The molecule has 9 heteroatoms. The summed E-state index contributed by atoms with van der Waals surface area (Å²) in [5.74, 6) is -0.230. The Kier molecular flexibility index (Phi) is 7.73. The van der Waals surface area contributed by atoms with E-state index in [4.69, 9.17) is 11.6 Å². The molecule has 6 nitrogen and oxygen atoms in total. The van der Waals surface area contributed by atoms with Crippen molar-refractivity contribution in [2.75, 3.05) is 41.9 Å². The molecule has 0 radical (unpaired) electrons. The fourth-order valence-corrected chi connectivity index (χ4v) is 5.95. The normalized spacial score (nSPS) is 14.2. The van der Waals surface area contributed by atoms with Crippen LogP contribution in [0, 0.1) is 13.8 Å². The highest BCUT2D eigenvalue weighted by molar-refractivity contribution is 9.10. The lowest BCUT2D eigenvalue weighted by atomic mass is 10.1. The molecule has 0 atom stereocenters. The van der Waals surface area contributed by atoms with Gasteiger partial charge in [0.05, 0.1) is 10.6 Å². The van der Waals surface area contributed by atoms with Crippen LogP contribution in [0.1, 0.15) is 11.1 Å². The predicted molar refractivity (Wildman–Crippen MR) is 145 cm³/mol. The van der Waals surface area contributed by atoms with Gasteiger partial charge >= 0.3 is 0 Å². The number of rotatable bonds is 6. The molecular formula is C26H27BrClN3O3S. The van der Waals surface area contributed by atoms with Gasteiger partial charge in [0.2, 0.25) is 5.91 Å². The fourth-order valence-electron chi connectivity index (χ4n) is 4.10. The van der Waals surface area contributed by atoms with Crippen molar-refractivity contribution in [1.82, 2.24) is 4.90 Å². The highest BCUT2D eigenvalue weighted by Crippen LogP contribution is 2.27. The van der Waals surface area contributed by atoms with Crippen LogP contribution in [0.3, 0.4) is 0 Å². The van der Waals surface area contributed by atoms with Crippen LogP contribution in [0.15, 0.2) is 76.1 Å². The van der Waals surface area contributed by atoms with E-state index in [2.05, 4.69) is 20.8 Å². The fraction of sp³-hybridized carbons (Fsp3) is 0.269. The monoisotopic (exact) mass is 575 g/mol. The summed E-state index contributed by atoms with van der Waals surface area (Å²) in [6.45, 7) is 5.97. The zero-order valence-electron chi connectivity index (χ0n) is 19.6. The molecule has 0 aromatic heterocycles. The molecule has 1 heterocycles. The number of halogens is 2. The number of benzene rings is 3. The van der Waals surface area contributed by atoms with E-state index in [-0.39, 0.29) is 17.3 Å². The van der Waals surface area contributed by atoms with Crippen molar-refractivity contribution >= 4 is 54.8 Å². The zero-order chi connectivity index (χ0) is 25.2. The molecule has 1 aliphatic rings. The van der Waals surface area contributed by atoms with E-state index >= 15 is 0 Å². The van der Waals surface area contributed by atoms with E-state index in [0.29, 0.717) is 36.9 Å². The lowest BCUT2D eigenvalue weighted by Gasteiger charge is -2.37. The summed E-state index contributed by atoms with van der Waals surface area (Å²) >= 11 is 9.58. The second-order valence-corrected chi connectivity index (χ2v) is 11.8. The van der Waals surface area contributed by atoms with Crippen molar-refractivity contribution in [2.45, 2.75) is 18.7 Å². The second kappa shape index (κ2) is 10.6. The van der Waals surface area contributed by atoms with Crippen molar-refractivity contribution in [2.24, 2.45) is 0 Å². The van der Waals surface area contributed by atoms with Gasteiger partial charge in [-0.2, -0.15) is 0 Å². The Morgan fingerprint density at radius 3 is 2.20 bits per heavy atom. The first-order chi connectivity index (χ1) is 16.6. The highest BCUT2D eigenvalue weighted by Gasteiger charge is 2.30. The third kappa shape index (κ3) is 5.82. The van der Waals surface area contributed by atoms with Gasteiger partial charge in [-0.25, -0.2) is 8.42 Å². The first-order valence-electron chi connectivity index (χ1n) is 11.3. The van der Waals surface area contributed by atoms with Crippen LogP contribution in [0.5, 0.6) is 0 Å². The van der Waals surface area contributed by atoms with Gasteiger partial charge in [0.25, 0.3) is 10.0 Å². The number of amides is 1. The van der Waals surface area contributed by atoms with Gasteiger partial charge in [-0.15, -0.1) is 0 Å². The Hall–Kier alpha value is -2.55. The number of aryl methyl sites for hydroxylation is 2. The number of hydrogen-bond acceptors (Lipinski definition) is 4. The summed E-state index contributed by atoms with van der Waals surface area (Å²) in [6.07, 6.45) is 0. The van der Waals surface area contributed by atoms with Crippen LogP contribution in [-0.2, 0) is 14.8 Å². The minimum absolute atomic E-state index is 0.153. The average Bonchev–Trinajstić information content (AvgIpc) is 2.85. The zero-order valence-corrected chi connectivity index (χ0v) is 22.8. The van der Waals surface area contributed by atoms with Gasteiger partial charge in [-0.3, -0.25) is 9.10 Å². The van der Waals surface area contributed by atoms with Gasteiger partial charge in [-0.05, 0) is 67.9 Å². The number of carbonyl (C=O) groups excluding carboxylic acids is 1. The SMILES string of the molecule is Cc1ccc(S(=O)(=O)N(CC(=O)N2CCN(c3cc(Cl)ccc3C)CC2)c2ccc(Br)cc2)cc1. The molecule has 1 amide bonds. The van der Waals surface area contributed by atoms with Crippen LogP contribution < -0.4 is 9.21 Å². The Balaban J connectivity index is 1.53. The molecule has 35 heavy (non-hydrogen) atoms. The molecule has 0 N–H and O–H groups in total. The van der Waals surface area contributed by atoms with E-state index < -0.39 is 10.0 Å². The summed E-state index contributed by atoms with van der Waals surface area (Å²) < 4.78 is 29.2. The van der Waals surface area contributed by atoms with Crippen LogP contribution >= 0.6 is 27.5 Å². The van der Waals surface area contributed by atoms with Crippen LogP contribution in [0.2, 0.25) is 5.02 Å². The van der Waals surface area contributed by atoms with Crippen LogP contribution in [0.4, 0.5) is 11.4 Å². The molecular weight excluding hydrogens is 550 g/mol. The molecule has 1 aliphatic heterocycles. The van der Waals surface area contributed by atoms with Crippen LogP contribution in [-0.4, -0.2) is 51.9 Å². The minimum atomic E-state index is -3.94. The van der Waals surface area contributed by atoms with E-state index in [0.717, 1.165) is 21.3 Å². The van der Waals surface area contributed by atoms with Crippen molar-refractivity contribution < 1.29 is 13.2 Å². The standard InChI is InChI=1S/C26H27BrClN3O3S/c1-19-3-11-24(12-4-19)35(33,34)31(23-9-6-21(27)7-10-23)18-26(32)30-15-13-29(14-16-30)25-17-22(28)8-5-20(25)2/h3-12,17H,13-16,18H2,1-2H3. The van der Waals surface area contributed by atoms with Gasteiger partial charge in [-0.1, -0.05) is 51.3 Å². The Bertz CT molecular complexity index is 1310. The number of piperazine rings is 1. The number of sulfonamides is 1. The lowest BCUT2D eigenvalue weighted by Crippen LogP contribution is -2.52. The summed E-state index contributed by atoms with van der Waals surface area (Å²) in [6, 6.07) is 19.4. The molecule has 0 bridgehead atoms. The van der Waals surface area contributed by atoms with Crippen molar-refractivity contribution in [1.29, 1.82) is 0 Å². The smallest absolute Gasteiger partial charge is 0.264 e. The van der Waals surface area contributed by atoms with Crippen molar-refractivity contribution in [3.8, 4) is 0 Å². The lowest BCUT2D eigenvalue weighted by molar-refractivity contribution is -0.129. The molecule has 3 aromatic rings. The van der Waals surface area contributed by atoms with Gasteiger partial charge in [0, 0.05) is 41.4 Å². The third-order valence-corrected chi connectivity index (χ3v) is 8.70. The maximum atomic E-state index is 13.6. The quantitative estimate of drug-likeness (QED) is 0.402. The molecule has 1 saturated heterocycles. The average molecular weight is 577 g/mol. The largest absolute Gasteiger partial charge is 0.368 e. The third-order valence-electron chi connectivity index (χ3n) is 6.15. The first-order valence-corrected chi connectivity index (χ1v) is 13.9. The number of nitrogens with zero attached hydrogens (tertiary/aromatic N) is 3. The first kappa shape index (κ1) is 25.5. The number of carbonyl (C=O) groups is 1. The summed E-state index contributed by atoms with van der Waals surface area (Å²) in [7, 11) is -3.94. The molecule has 3 aromatic carbocycles. The van der Waals surface area contributed by atoms with Gasteiger partial charge in [0.15, 0.2) is 0 Å². The maximum Gasteiger partial charge on any atom is 0.264 e. The molecule has 184 valence electrons. The van der Waals surface area contributed by atoms with E-state index in [1.807, 2.05) is 32.0 Å². The molecule has 0 spiro atoms. The molecule has 0 aliphatic carbocycles. The van der Waals surface area contributed by atoms with Crippen LogP contribution in [0.25, 0.3) is 0 Å². The molecule has 4 rings (SSSR count). The number of hydrogen-bond donors (Lipinski definition) is 0. The van der Waals surface area contributed by atoms with E-state index in [9.17, 15) is 13.2 Å². The molecule has 0 saturated carbocycles.